The van der Waals surface area contributed by atoms with Crippen molar-refractivity contribution in [1.82, 2.24) is 0 Å². The fourth-order valence-electron chi connectivity index (χ4n) is 2.85. The Morgan fingerprint density at radius 2 is 1.55 bits per heavy atom. The topological polar surface area (TPSA) is 12.5 Å². The molecule has 2 aromatic rings. The third-order valence-electron chi connectivity index (χ3n) is 3.74. The first-order valence-corrected chi connectivity index (χ1v) is 7.23. The number of hydrogen-bond acceptors (Lipinski definition) is 3. The molecule has 0 radical (unpaired) electrons. The highest BCUT2D eigenvalue weighted by atomic mass is 32.1. The number of para-hydroxylation sites is 2. The van der Waals surface area contributed by atoms with Crippen LogP contribution in [0.4, 0.5) is 11.4 Å². The molecule has 1 heterocycles. The van der Waals surface area contributed by atoms with Gasteiger partial charge in [0.25, 0.3) is 0 Å². The van der Waals surface area contributed by atoms with Gasteiger partial charge < -0.3 is 9.64 Å². The van der Waals surface area contributed by atoms with Crippen LogP contribution in [0.5, 0.6) is 0 Å². The fraction of sp³-hybridized carbons (Fsp3) is 0.235. The molecule has 0 bridgehead atoms. The Hall–Kier alpha value is -1.87. The van der Waals surface area contributed by atoms with E-state index in [2.05, 4.69) is 60.5 Å². The Balaban J connectivity index is 2.19. The molecule has 2 aromatic carbocycles. The Kier molecular flexibility index (Phi) is 3.45. The van der Waals surface area contributed by atoms with E-state index >= 15 is 0 Å². The first-order chi connectivity index (χ1) is 9.74. The number of benzene rings is 2. The van der Waals surface area contributed by atoms with Gasteiger partial charge in [-0.05, 0) is 42.4 Å². The summed E-state index contributed by atoms with van der Waals surface area (Å²) in [4.78, 5) is 2.22. The van der Waals surface area contributed by atoms with Gasteiger partial charge in [-0.25, -0.2) is 0 Å². The monoisotopic (exact) mass is 283 g/mol. The molecule has 0 amide bonds. The molecule has 0 aromatic heterocycles. The van der Waals surface area contributed by atoms with Crippen LogP contribution in [0.25, 0.3) is 0 Å². The maximum absolute atomic E-state index is 5.64. The number of hydrogen-bond donors (Lipinski definition) is 0. The van der Waals surface area contributed by atoms with Gasteiger partial charge in [0.2, 0.25) is 0 Å². The zero-order valence-corrected chi connectivity index (χ0v) is 12.5. The summed E-state index contributed by atoms with van der Waals surface area (Å²) in [5, 5.41) is 0.653. The van der Waals surface area contributed by atoms with E-state index in [0.717, 1.165) is 0 Å². The minimum Gasteiger partial charge on any atom is -0.486 e. The SMILES string of the molecule is CCOC(=S)C1c2ccccc2N(C)c2ccccc21. The molecule has 102 valence electrons. The van der Waals surface area contributed by atoms with Crippen molar-refractivity contribution in [2.24, 2.45) is 0 Å². The van der Waals surface area contributed by atoms with E-state index < -0.39 is 0 Å². The van der Waals surface area contributed by atoms with E-state index in [4.69, 9.17) is 17.0 Å². The highest BCUT2D eigenvalue weighted by molar-refractivity contribution is 7.80. The second-order valence-electron chi connectivity index (χ2n) is 4.86. The minimum absolute atomic E-state index is 0.0357. The van der Waals surface area contributed by atoms with Crippen molar-refractivity contribution in [3.63, 3.8) is 0 Å². The highest BCUT2D eigenvalue weighted by Crippen LogP contribution is 2.45. The number of ether oxygens (including phenoxy) is 1. The third kappa shape index (κ3) is 1.98. The largest absolute Gasteiger partial charge is 0.486 e. The van der Waals surface area contributed by atoms with Crippen LogP contribution in [-0.2, 0) is 4.74 Å². The van der Waals surface area contributed by atoms with E-state index in [1.165, 1.54) is 22.5 Å². The second kappa shape index (κ2) is 5.25. The van der Waals surface area contributed by atoms with Crippen molar-refractivity contribution in [1.29, 1.82) is 0 Å². The van der Waals surface area contributed by atoms with E-state index in [1.54, 1.807) is 0 Å². The Labute approximate surface area is 125 Å². The molecule has 0 N–H and O–H groups in total. The molecule has 0 saturated heterocycles. The summed E-state index contributed by atoms with van der Waals surface area (Å²) < 4.78 is 5.64. The lowest BCUT2D eigenvalue weighted by Crippen LogP contribution is -2.26. The molecule has 1 aliphatic rings. The summed E-state index contributed by atoms with van der Waals surface area (Å²) in [5.74, 6) is 0.0357. The molecule has 0 unspecified atom stereocenters. The summed E-state index contributed by atoms with van der Waals surface area (Å²) >= 11 is 5.52. The average molecular weight is 283 g/mol. The predicted octanol–water partition coefficient (Wildman–Crippen LogP) is 4.26. The average Bonchev–Trinajstić information content (AvgIpc) is 2.48. The van der Waals surface area contributed by atoms with Gasteiger partial charge in [0.05, 0.1) is 12.5 Å². The number of nitrogens with zero attached hydrogens (tertiary/aromatic N) is 1. The molecule has 3 rings (SSSR count). The summed E-state index contributed by atoms with van der Waals surface area (Å²) in [6, 6.07) is 16.8. The molecule has 1 aliphatic heterocycles. The van der Waals surface area contributed by atoms with Crippen LogP contribution in [0, 0.1) is 0 Å². The second-order valence-corrected chi connectivity index (χ2v) is 5.26. The molecule has 0 aliphatic carbocycles. The van der Waals surface area contributed by atoms with Gasteiger partial charge in [0.1, 0.15) is 0 Å². The summed E-state index contributed by atoms with van der Waals surface area (Å²) in [5.41, 5.74) is 4.82. The van der Waals surface area contributed by atoms with Gasteiger partial charge in [-0.2, -0.15) is 0 Å². The molecule has 0 fully saturated rings. The Morgan fingerprint density at radius 1 is 1.05 bits per heavy atom. The summed E-state index contributed by atoms with van der Waals surface area (Å²) in [6.45, 7) is 2.58. The van der Waals surface area contributed by atoms with Crippen LogP contribution < -0.4 is 4.90 Å². The van der Waals surface area contributed by atoms with Gasteiger partial charge in [-0.15, -0.1) is 0 Å². The maximum Gasteiger partial charge on any atom is 0.171 e. The molecule has 2 nitrogen and oxygen atoms in total. The molecular weight excluding hydrogens is 266 g/mol. The zero-order chi connectivity index (χ0) is 14.1. The first-order valence-electron chi connectivity index (χ1n) is 6.82. The van der Waals surface area contributed by atoms with Crippen LogP contribution in [0.1, 0.15) is 24.0 Å². The Bertz CT molecular complexity index is 605. The van der Waals surface area contributed by atoms with Gasteiger partial charge in [0, 0.05) is 18.4 Å². The van der Waals surface area contributed by atoms with Crippen molar-refractivity contribution in [3.8, 4) is 0 Å². The third-order valence-corrected chi connectivity index (χ3v) is 4.09. The van der Waals surface area contributed by atoms with Crippen molar-refractivity contribution >= 4 is 28.6 Å². The van der Waals surface area contributed by atoms with Crippen molar-refractivity contribution in [2.45, 2.75) is 12.8 Å². The molecule has 0 saturated carbocycles. The lowest BCUT2D eigenvalue weighted by Gasteiger charge is -2.35. The first kappa shape index (κ1) is 13.1. The maximum atomic E-state index is 5.64. The Morgan fingerprint density at radius 3 is 2.05 bits per heavy atom. The standard InChI is InChI=1S/C17H17NOS/c1-3-19-17(20)16-12-8-4-6-10-14(12)18(2)15-11-7-5-9-13(15)16/h4-11,16H,3H2,1-2H3. The van der Waals surface area contributed by atoms with E-state index in [1.807, 2.05) is 6.92 Å². The molecular formula is C17H17NOS. The number of rotatable bonds is 2. The predicted molar refractivity (Wildman–Crippen MR) is 87.0 cm³/mol. The zero-order valence-electron chi connectivity index (χ0n) is 11.7. The molecule has 20 heavy (non-hydrogen) atoms. The van der Waals surface area contributed by atoms with Crippen molar-refractivity contribution in [3.05, 3.63) is 59.7 Å². The lowest BCUT2D eigenvalue weighted by atomic mass is 9.85. The normalized spacial score (nSPS) is 13.6. The van der Waals surface area contributed by atoms with Crippen LogP contribution in [0.3, 0.4) is 0 Å². The van der Waals surface area contributed by atoms with Crippen molar-refractivity contribution < 1.29 is 4.74 Å². The quantitative estimate of drug-likeness (QED) is 0.764. The van der Waals surface area contributed by atoms with Gasteiger partial charge in [-0.3, -0.25) is 0 Å². The highest BCUT2D eigenvalue weighted by Gasteiger charge is 2.31. The smallest absolute Gasteiger partial charge is 0.171 e. The number of fused-ring (bicyclic) bond motifs is 2. The molecule has 0 atom stereocenters. The van der Waals surface area contributed by atoms with Crippen molar-refractivity contribution in [2.75, 3.05) is 18.6 Å². The summed E-state index contributed by atoms with van der Waals surface area (Å²) in [7, 11) is 2.09. The van der Waals surface area contributed by atoms with E-state index in [-0.39, 0.29) is 5.92 Å². The van der Waals surface area contributed by atoms with Crippen LogP contribution >= 0.6 is 12.2 Å². The van der Waals surface area contributed by atoms with Crippen LogP contribution in [0.15, 0.2) is 48.5 Å². The molecule has 3 heteroatoms. The van der Waals surface area contributed by atoms with Gasteiger partial charge >= 0.3 is 0 Å². The van der Waals surface area contributed by atoms with Gasteiger partial charge in [-0.1, -0.05) is 36.4 Å². The van der Waals surface area contributed by atoms with Gasteiger partial charge in [0.15, 0.2) is 5.05 Å². The van der Waals surface area contributed by atoms with Crippen LogP contribution in [-0.4, -0.2) is 18.7 Å². The van der Waals surface area contributed by atoms with E-state index in [0.29, 0.717) is 11.7 Å². The molecule has 0 spiro atoms. The number of anilines is 2. The lowest BCUT2D eigenvalue weighted by molar-refractivity contribution is 0.325. The summed E-state index contributed by atoms with van der Waals surface area (Å²) in [6.07, 6.45) is 0. The van der Waals surface area contributed by atoms with Crippen LogP contribution in [0.2, 0.25) is 0 Å². The number of thiocarbonyl (C=S) groups is 1. The minimum atomic E-state index is 0.0357. The van der Waals surface area contributed by atoms with E-state index in [9.17, 15) is 0 Å². The fourth-order valence-corrected chi connectivity index (χ4v) is 3.22.